The summed E-state index contributed by atoms with van der Waals surface area (Å²) in [7, 11) is 0. The van der Waals surface area contributed by atoms with Crippen molar-refractivity contribution in [2.45, 2.75) is 20.0 Å². The molecule has 0 aliphatic rings. The highest BCUT2D eigenvalue weighted by Gasteiger charge is 2.05. The van der Waals surface area contributed by atoms with Crippen LogP contribution in [0.25, 0.3) is 0 Å². The molecule has 0 fully saturated rings. The van der Waals surface area contributed by atoms with Crippen LogP contribution in [0.5, 0.6) is 0 Å². The number of hydrogen-bond acceptors (Lipinski definition) is 3. The van der Waals surface area contributed by atoms with E-state index in [4.69, 9.17) is 0 Å². The molecular weight excluding hydrogens is 216 g/mol. The summed E-state index contributed by atoms with van der Waals surface area (Å²) < 4.78 is 1.82. The van der Waals surface area contributed by atoms with Crippen LogP contribution in [0.4, 0.5) is 0 Å². The van der Waals surface area contributed by atoms with E-state index in [9.17, 15) is 4.79 Å². The number of amides is 1. The van der Waals surface area contributed by atoms with Gasteiger partial charge in [0.05, 0.1) is 11.8 Å². The molecule has 0 unspecified atom stereocenters. The number of aryl methyl sites for hydroxylation is 1. The summed E-state index contributed by atoms with van der Waals surface area (Å²) in [5.41, 5.74) is 1.56. The Labute approximate surface area is 99.5 Å². The fourth-order valence-corrected chi connectivity index (χ4v) is 1.45. The Morgan fingerprint density at radius 2 is 2.35 bits per heavy atom. The van der Waals surface area contributed by atoms with E-state index in [1.807, 2.05) is 17.8 Å². The van der Waals surface area contributed by atoms with Crippen LogP contribution >= 0.6 is 0 Å². The van der Waals surface area contributed by atoms with Crippen LogP contribution in [0.3, 0.4) is 0 Å². The lowest BCUT2D eigenvalue weighted by Gasteiger charge is -2.02. The van der Waals surface area contributed by atoms with Gasteiger partial charge in [0.2, 0.25) is 0 Å². The maximum atomic E-state index is 11.7. The normalized spacial score (nSPS) is 10.2. The zero-order chi connectivity index (χ0) is 12.1. The standard InChI is InChI=1S/C12H14N4O/c1-2-16-9-10(7-15-16)6-14-12(17)11-4-3-5-13-8-11/h3-5,7-9H,2,6H2,1H3,(H,14,17). The minimum atomic E-state index is -0.123. The Hall–Kier alpha value is -2.17. The Bertz CT molecular complexity index is 492. The highest BCUT2D eigenvalue weighted by molar-refractivity contribution is 5.93. The molecule has 0 atom stereocenters. The maximum absolute atomic E-state index is 11.7. The number of nitrogens with one attached hydrogen (secondary N) is 1. The summed E-state index contributed by atoms with van der Waals surface area (Å²) in [4.78, 5) is 15.6. The van der Waals surface area contributed by atoms with Crippen LogP contribution < -0.4 is 5.32 Å². The number of nitrogens with zero attached hydrogens (tertiary/aromatic N) is 3. The monoisotopic (exact) mass is 230 g/mol. The van der Waals surface area contributed by atoms with Crippen LogP contribution in [0.15, 0.2) is 36.9 Å². The molecule has 2 aromatic rings. The molecule has 0 bridgehead atoms. The van der Waals surface area contributed by atoms with Crippen molar-refractivity contribution in [2.24, 2.45) is 0 Å². The van der Waals surface area contributed by atoms with Crippen LogP contribution in [0.1, 0.15) is 22.8 Å². The molecule has 5 nitrogen and oxygen atoms in total. The predicted octanol–water partition coefficient (Wildman–Crippen LogP) is 1.23. The van der Waals surface area contributed by atoms with Gasteiger partial charge in [0.25, 0.3) is 5.91 Å². The van der Waals surface area contributed by atoms with Crippen molar-refractivity contribution in [2.75, 3.05) is 0 Å². The lowest BCUT2D eigenvalue weighted by atomic mass is 10.2. The van der Waals surface area contributed by atoms with E-state index < -0.39 is 0 Å². The smallest absolute Gasteiger partial charge is 0.253 e. The molecule has 0 saturated carbocycles. The van der Waals surface area contributed by atoms with Gasteiger partial charge in [-0.15, -0.1) is 0 Å². The first-order valence-corrected chi connectivity index (χ1v) is 5.49. The van der Waals surface area contributed by atoms with Gasteiger partial charge in [-0.05, 0) is 19.1 Å². The Balaban J connectivity index is 1.92. The number of carbonyl (C=O) groups is 1. The molecule has 0 aromatic carbocycles. The van der Waals surface area contributed by atoms with E-state index in [0.717, 1.165) is 12.1 Å². The summed E-state index contributed by atoms with van der Waals surface area (Å²) in [6, 6.07) is 3.47. The van der Waals surface area contributed by atoms with Gasteiger partial charge in [-0.1, -0.05) is 0 Å². The van der Waals surface area contributed by atoms with Crippen LogP contribution in [0, 0.1) is 0 Å². The van der Waals surface area contributed by atoms with Gasteiger partial charge in [0.1, 0.15) is 0 Å². The van der Waals surface area contributed by atoms with Gasteiger partial charge in [-0.2, -0.15) is 5.10 Å². The molecule has 2 aromatic heterocycles. The quantitative estimate of drug-likeness (QED) is 0.859. The van der Waals surface area contributed by atoms with E-state index in [1.165, 1.54) is 0 Å². The topological polar surface area (TPSA) is 59.8 Å². The second kappa shape index (κ2) is 5.25. The van der Waals surface area contributed by atoms with Gasteiger partial charge >= 0.3 is 0 Å². The molecule has 0 aliphatic carbocycles. The van der Waals surface area contributed by atoms with Crippen molar-refractivity contribution in [1.82, 2.24) is 20.1 Å². The summed E-state index contributed by atoms with van der Waals surface area (Å²) in [5, 5.41) is 6.96. The van der Waals surface area contributed by atoms with E-state index in [1.54, 1.807) is 30.7 Å². The Morgan fingerprint density at radius 3 is 3.00 bits per heavy atom. The molecule has 1 amide bonds. The zero-order valence-electron chi connectivity index (χ0n) is 9.63. The second-order valence-corrected chi connectivity index (χ2v) is 3.63. The third-order valence-electron chi connectivity index (χ3n) is 2.39. The minimum absolute atomic E-state index is 0.123. The third-order valence-corrected chi connectivity index (χ3v) is 2.39. The molecule has 2 rings (SSSR count). The largest absolute Gasteiger partial charge is 0.348 e. The van der Waals surface area contributed by atoms with Crippen molar-refractivity contribution in [3.05, 3.63) is 48.0 Å². The molecule has 0 aliphatic heterocycles. The van der Waals surface area contributed by atoms with Crippen LogP contribution in [-0.2, 0) is 13.1 Å². The number of aromatic nitrogens is 3. The van der Waals surface area contributed by atoms with Crippen molar-refractivity contribution in [1.29, 1.82) is 0 Å². The van der Waals surface area contributed by atoms with Gasteiger partial charge in [-0.3, -0.25) is 14.5 Å². The summed E-state index contributed by atoms with van der Waals surface area (Å²) >= 11 is 0. The van der Waals surface area contributed by atoms with Crippen LogP contribution in [-0.4, -0.2) is 20.7 Å². The Kier molecular flexibility index (Phi) is 3.49. The van der Waals surface area contributed by atoms with E-state index >= 15 is 0 Å². The minimum Gasteiger partial charge on any atom is -0.348 e. The average molecular weight is 230 g/mol. The van der Waals surface area contributed by atoms with E-state index in [-0.39, 0.29) is 5.91 Å². The van der Waals surface area contributed by atoms with Gasteiger partial charge in [0.15, 0.2) is 0 Å². The molecule has 5 heteroatoms. The summed E-state index contributed by atoms with van der Waals surface area (Å²) in [6.45, 7) is 3.33. The average Bonchev–Trinajstić information content (AvgIpc) is 2.85. The lowest BCUT2D eigenvalue weighted by molar-refractivity contribution is 0.0950. The first-order valence-electron chi connectivity index (χ1n) is 5.49. The van der Waals surface area contributed by atoms with E-state index in [0.29, 0.717) is 12.1 Å². The molecule has 1 N–H and O–H groups in total. The molecule has 2 heterocycles. The first kappa shape index (κ1) is 11.3. The highest BCUT2D eigenvalue weighted by atomic mass is 16.1. The van der Waals surface area contributed by atoms with Gasteiger partial charge < -0.3 is 5.32 Å². The Morgan fingerprint density at radius 1 is 1.47 bits per heavy atom. The fourth-order valence-electron chi connectivity index (χ4n) is 1.45. The van der Waals surface area contributed by atoms with Crippen molar-refractivity contribution in [3.8, 4) is 0 Å². The predicted molar refractivity (Wildman–Crippen MR) is 63.3 cm³/mol. The molecule has 0 saturated heterocycles. The lowest BCUT2D eigenvalue weighted by Crippen LogP contribution is -2.22. The van der Waals surface area contributed by atoms with E-state index in [2.05, 4.69) is 15.4 Å². The maximum Gasteiger partial charge on any atom is 0.253 e. The summed E-state index contributed by atoms with van der Waals surface area (Å²) in [6.07, 6.45) is 6.86. The van der Waals surface area contributed by atoms with Crippen molar-refractivity contribution < 1.29 is 4.79 Å². The first-order chi connectivity index (χ1) is 8.29. The molecule has 88 valence electrons. The fraction of sp³-hybridized carbons (Fsp3) is 0.250. The number of hydrogen-bond donors (Lipinski definition) is 1. The number of pyridine rings is 1. The van der Waals surface area contributed by atoms with Crippen molar-refractivity contribution >= 4 is 5.91 Å². The summed E-state index contributed by atoms with van der Waals surface area (Å²) in [5.74, 6) is -0.123. The number of carbonyl (C=O) groups excluding carboxylic acids is 1. The van der Waals surface area contributed by atoms with Gasteiger partial charge in [0, 0.05) is 37.2 Å². The molecule has 0 radical (unpaired) electrons. The SMILES string of the molecule is CCn1cc(CNC(=O)c2cccnc2)cn1. The second-order valence-electron chi connectivity index (χ2n) is 3.63. The highest BCUT2D eigenvalue weighted by Crippen LogP contribution is 1.99. The van der Waals surface area contributed by atoms with Crippen LogP contribution in [0.2, 0.25) is 0 Å². The number of rotatable bonds is 4. The van der Waals surface area contributed by atoms with Crippen molar-refractivity contribution in [3.63, 3.8) is 0 Å². The third kappa shape index (κ3) is 2.90. The zero-order valence-corrected chi connectivity index (χ0v) is 9.63. The molecule has 17 heavy (non-hydrogen) atoms. The molecule has 0 spiro atoms. The molecular formula is C12H14N4O. The van der Waals surface area contributed by atoms with Gasteiger partial charge in [-0.25, -0.2) is 0 Å².